The first-order valence-corrected chi connectivity index (χ1v) is 7.68. The Balaban J connectivity index is 1.91. The van der Waals surface area contributed by atoms with Crippen molar-refractivity contribution in [3.8, 4) is 5.75 Å². The lowest BCUT2D eigenvalue weighted by molar-refractivity contribution is -0.123. The second-order valence-electron chi connectivity index (χ2n) is 5.58. The Morgan fingerprint density at radius 3 is 2.43 bits per heavy atom. The molecule has 0 aliphatic heterocycles. The Hall–Kier alpha value is -2.62. The van der Waals surface area contributed by atoms with Crippen LogP contribution in [0.25, 0.3) is 0 Å². The van der Waals surface area contributed by atoms with Crippen LogP contribution in [0.4, 0.5) is 0 Å². The zero-order chi connectivity index (χ0) is 16.7. The minimum atomic E-state index is -0.279. The molecule has 2 rings (SSSR count). The molecule has 2 aromatic carbocycles. The zero-order valence-electron chi connectivity index (χ0n) is 13.7. The van der Waals surface area contributed by atoms with E-state index < -0.39 is 0 Å². The summed E-state index contributed by atoms with van der Waals surface area (Å²) in [4.78, 5) is 11.9. The monoisotopic (exact) mass is 310 g/mol. The molecule has 1 amide bonds. The molecule has 1 N–H and O–H groups in total. The van der Waals surface area contributed by atoms with Crippen LogP contribution in [0.5, 0.6) is 5.75 Å². The Morgan fingerprint density at radius 2 is 1.74 bits per heavy atom. The van der Waals surface area contributed by atoms with E-state index in [9.17, 15) is 4.79 Å². The number of hydrogen-bond acceptors (Lipinski definition) is 3. The lowest BCUT2D eigenvalue weighted by atomic mass is 10.0. The van der Waals surface area contributed by atoms with Gasteiger partial charge in [0, 0.05) is 0 Å². The predicted molar refractivity (Wildman–Crippen MR) is 92.8 cm³/mol. The van der Waals surface area contributed by atoms with E-state index in [0.29, 0.717) is 5.92 Å². The molecule has 4 heteroatoms. The predicted octanol–water partition coefficient (Wildman–Crippen LogP) is 3.73. The van der Waals surface area contributed by atoms with Crippen molar-refractivity contribution in [2.45, 2.75) is 26.7 Å². The van der Waals surface area contributed by atoms with Crippen LogP contribution in [0, 0.1) is 0 Å². The molecule has 0 unspecified atom stereocenters. The van der Waals surface area contributed by atoms with Gasteiger partial charge in [0.1, 0.15) is 5.75 Å². The molecule has 2 aromatic rings. The number of amides is 1. The highest BCUT2D eigenvalue weighted by Gasteiger charge is 2.09. The van der Waals surface area contributed by atoms with E-state index in [1.54, 1.807) is 0 Å². The van der Waals surface area contributed by atoms with Crippen molar-refractivity contribution in [2.24, 2.45) is 5.10 Å². The van der Waals surface area contributed by atoms with E-state index in [1.807, 2.05) is 61.5 Å². The van der Waals surface area contributed by atoms with Gasteiger partial charge in [-0.1, -0.05) is 62.4 Å². The third-order valence-electron chi connectivity index (χ3n) is 3.44. The zero-order valence-corrected chi connectivity index (χ0v) is 13.7. The number of para-hydroxylation sites is 1. The summed E-state index contributed by atoms with van der Waals surface area (Å²) in [6.07, 6.45) is 0. The fourth-order valence-electron chi connectivity index (χ4n) is 2.15. The van der Waals surface area contributed by atoms with E-state index >= 15 is 0 Å². The number of carbonyl (C=O) groups excluding carboxylic acids is 1. The maximum atomic E-state index is 11.9. The average molecular weight is 310 g/mol. The van der Waals surface area contributed by atoms with Gasteiger partial charge >= 0.3 is 0 Å². The fourth-order valence-corrected chi connectivity index (χ4v) is 2.15. The second-order valence-corrected chi connectivity index (χ2v) is 5.58. The minimum Gasteiger partial charge on any atom is -0.483 e. The smallest absolute Gasteiger partial charge is 0.277 e. The summed E-state index contributed by atoms with van der Waals surface area (Å²) in [6, 6.07) is 17.4. The number of hydrogen-bond donors (Lipinski definition) is 1. The van der Waals surface area contributed by atoms with Gasteiger partial charge in [0.25, 0.3) is 5.91 Å². The normalized spacial score (nSPS) is 11.4. The van der Waals surface area contributed by atoms with E-state index in [1.165, 1.54) is 0 Å². The molecule has 4 nitrogen and oxygen atoms in total. The molecule has 0 radical (unpaired) electrons. The number of ether oxygens (including phenoxy) is 1. The van der Waals surface area contributed by atoms with Gasteiger partial charge in [-0.3, -0.25) is 4.79 Å². The second kappa shape index (κ2) is 8.13. The molecule has 0 bridgehead atoms. The Bertz CT molecular complexity index is 679. The molecule has 0 saturated carbocycles. The average Bonchev–Trinajstić information content (AvgIpc) is 2.58. The highest BCUT2D eigenvalue weighted by atomic mass is 16.5. The highest BCUT2D eigenvalue weighted by Crippen LogP contribution is 2.25. The maximum absolute atomic E-state index is 11.9. The van der Waals surface area contributed by atoms with Crippen molar-refractivity contribution in [1.29, 1.82) is 0 Å². The third-order valence-corrected chi connectivity index (χ3v) is 3.44. The Labute approximate surface area is 137 Å². The molecule has 0 atom stereocenters. The molecule has 120 valence electrons. The van der Waals surface area contributed by atoms with Crippen LogP contribution in [0.15, 0.2) is 59.7 Å². The van der Waals surface area contributed by atoms with Gasteiger partial charge in [0.15, 0.2) is 6.61 Å². The van der Waals surface area contributed by atoms with E-state index in [4.69, 9.17) is 4.74 Å². The number of nitrogens with one attached hydrogen (secondary N) is 1. The van der Waals surface area contributed by atoms with Crippen molar-refractivity contribution in [2.75, 3.05) is 6.61 Å². The standard InChI is InChI=1S/C19H22N2O2/c1-14(2)17-11-7-8-12-18(17)23-13-19(22)21-20-15(3)16-9-5-4-6-10-16/h4-12,14H,13H2,1-3H3,(H,21,22). The first-order valence-electron chi connectivity index (χ1n) is 7.68. The lowest BCUT2D eigenvalue weighted by Gasteiger charge is -2.13. The van der Waals surface area contributed by atoms with Crippen molar-refractivity contribution in [3.05, 3.63) is 65.7 Å². The van der Waals surface area contributed by atoms with E-state index in [2.05, 4.69) is 24.4 Å². The lowest BCUT2D eigenvalue weighted by Crippen LogP contribution is -2.25. The van der Waals surface area contributed by atoms with Crippen LogP contribution >= 0.6 is 0 Å². The highest BCUT2D eigenvalue weighted by molar-refractivity contribution is 5.99. The van der Waals surface area contributed by atoms with Gasteiger partial charge < -0.3 is 4.74 Å². The van der Waals surface area contributed by atoms with Crippen molar-refractivity contribution in [3.63, 3.8) is 0 Å². The topological polar surface area (TPSA) is 50.7 Å². The first-order chi connectivity index (χ1) is 11.1. The summed E-state index contributed by atoms with van der Waals surface area (Å²) >= 11 is 0. The number of rotatable bonds is 6. The molecular weight excluding hydrogens is 288 g/mol. The molecule has 0 fully saturated rings. The fraction of sp³-hybridized carbons (Fsp3) is 0.263. The third kappa shape index (κ3) is 4.95. The van der Waals surface area contributed by atoms with Crippen LogP contribution in [0.1, 0.15) is 37.8 Å². The molecule has 0 saturated heterocycles. The van der Waals surface area contributed by atoms with Crippen LogP contribution in [0.2, 0.25) is 0 Å². The van der Waals surface area contributed by atoms with Gasteiger partial charge in [-0.2, -0.15) is 5.10 Å². The molecule has 0 heterocycles. The maximum Gasteiger partial charge on any atom is 0.277 e. The summed E-state index contributed by atoms with van der Waals surface area (Å²) in [6.45, 7) is 5.98. The quantitative estimate of drug-likeness (QED) is 0.653. The molecule has 0 aliphatic carbocycles. The SMILES string of the molecule is CC(=NNC(=O)COc1ccccc1C(C)C)c1ccccc1. The Kier molecular flexibility index (Phi) is 5.92. The van der Waals surface area contributed by atoms with Gasteiger partial charge in [-0.25, -0.2) is 5.43 Å². The van der Waals surface area contributed by atoms with Gasteiger partial charge in [0.2, 0.25) is 0 Å². The number of hydrazone groups is 1. The van der Waals surface area contributed by atoms with E-state index in [-0.39, 0.29) is 12.5 Å². The minimum absolute atomic E-state index is 0.0602. The molecule has 0 aromatic heterocycles. The summed E-state index contributed by atoms with van der Waals surface area (Å²) in [5, 5.41) is 4.10. The van der Waals surface area contributed by atoms with Crippen LogP contribution < -0.4 is 10.2 Å². The van der Waals surface area contributed by atoms with Crippen LogP contribution in [0.3, 0.4) is 0 Å². The largest absolute Gasteiger partial charge is 0.483 e. The van der Waals surface area contributed by atoms with Crippen molar-refractivity contribution >= 4 is 11.6 Å². The number of carbonyl (C=O) groups is 1. The molecule has 0 spiro atoms. The Morgan fingerprint density at radius 1 is 1.09 bits per heavy atom. The van der Waals surface area contributed by atoms with Gasteiger partial charge in [0.05, 0.1) is 5.71 Å². The summed E-state index contributed by atoms with van der Waals surface area (Å²) in [5.74, 6) is 0.799. The van der Waals surface area contributed by atoms with Crippen molar-refractivity contribution < 1.29 is 9.53 Å². The summed E-state index contributed by atoms with van der Waals surface area (Å²) < 4.78 is 5.62. The number of nitrogens with zero attached hydrogens (tertiary/aromatic N) is 1. The molecular formula is C19H22N2O2. The summed E-state index contributed by atoms with van der Waals surface area (Å²) in [7, 11) is 0. The van der Waals surface area contributed by atoms with Crippen molar-refractivity contribution in [1.82, 2.24) is 5.43 Å². The van der Waals surface area contributed by atoms with Gasteiger partial charge in [-0.15, -0.1) is 0 Å². The van der Waals surface area contributed by atoms with E-state index in [0.717, 1.165) is 22.6 Å². The first kappa shape index (κ1) is 16.7. The molecule has 0 aliphatic rings. The van der Waals surface area contributed by atoms with Gasteiger partial charge in [-0.05, 0) is 30.0 Å². The summed E-state index contributed by atoms with van der Waals surface area (Å²) in [5.41, 5.74) is 5.33. The number of benzene rings is 2. The molecule has 23 heavy (non-hydrogen) atoms. The van der Waals surface area contributed by atoms with Crippen LogP contribution in [-0.2, 0) is 4.79 Å². The van der Waals surface area contributed by atoms with Crippen LogP contribution in [-0.4, -0.2) is 18.2 Å².